The number of carbonyl (C=O) groups is 1. The molecule has 1 aliphatic rings. The zero-order chi connectivity index (χ0) is 15.4. The largest absolute Gasteiger partial charge is 0.351 e. The molecule has 1 atom stereocenters. The first-order chi connectivity index (χ1) is 10.7. The average Bonchev–Trinajstić information content (AvgIpc) is 3.15. The van der Waals surface area contributed by atoms with Crippen LogP contribution in [0.5, 0.6) is 0 Å². The van der Waals surface area contributed by atoms with Crippen LogP contribution >= 0.6 is 0 Å². The van der Waals surface area contributed by atoms with Crippen LogP contribution in [0.2, 0.25) is 0 Å². The summed E-state index contributed by atoms with van der Waals surface area (Å²) in [6, 6.07) is 10.3. The second-order valence-electron chi connectivity index (χ2n) is 5.85. The number of hydrogen-bond acceptors (Lipinski definition) is 3. The number of likely N-dealkylation sites (tertiary alicyclic amines) is 1. The molecule has 0 spiro atoms. The summed E-state index contributed by atoms with van der Waals surface area (Å²) in [6.07, 6.45) is 5.73. The molecule has 0 saturated carbocycles. The number of amides is 1. The Kier molecular flexibility index (Phi) is 4.53. The molecule has 116 valence electrons. The number of benzene rings is 1. The molecule has 1 aromatic heterocycles. The van der Waals surface area contributed by atoms with E-state index in [4.69, 9.17) is 0 Å². The molecular weight excluding hydrogens is 276 g/mol. The smallest absolute Gasteiger partial charge is 0.237 e. The van der Waals surface area contributed by atoms with Gasteiger partial charge in [-0.05, 0) is 24.9 Å². The maximum atomic E-state index is 12.4. The summed E-state index contributed by atoms with van der Waals surface area (Å²) < 4.78 is 1.75. The number of hydrogen-bond donors (Lipinski definition) is 1. The summed E-state index contributed by atoms with van der Waals surface area (Å²) in [5.74, 6) is 0.122. The van der Waals surface area contributed by atoms with Crippen LogP contribution in [0.15, 0.2) is 42.7 Å². The molecule has 1 aliphatic heterocycles. The highest BCUT2D eigenvalue weighted by Gasteiger charge is 2.30. The van der Waals surface area contributed by atoms with Crippen LogP contribution in [0.4, 0.5) is 0 Å². The van der Waals surface area contributed by atoms with Gasteiger partial charge in [0.1, 0.15) is 0 Å². The van der Waals surface area contributed by atoms with Gasteiger partial charge in [0.15, 0.2) is 0 Å². The molecule has 1 amide bonds. The van der Waals surface area contributed by atoms with Gasteiger partial charge in [-0.1, -0.05) is 30.3 Å². The maximum absolute atomic E-state index is 12.4. The summed E-state index contributed by atoms with van der Waals surface area (Å²) in [5, 5.41) is 7.15. The number of nitrogens with zero attached hydrogens (tertiary/aromatic N) is 3. The van der Waals surface area contributed by atoms with Crippen molar-refractivity contribution in [3.63, 3.8) is 0 Å². The normalized spacial score (nSPS) is 18.5. The molecule has 2 aromatic rings. The lowest BCUT2D eigenvalue weighted by Crippen LogP contribution is -2.42. The van der Waals surface area contributed by atoms with E-state index in [2.05, 4.69) is 27.4 Å². The van der Waals surface area contributed by atoms with Crippen molar-refractivity contribution in [3.05, 3.63) is 53.9 Å². The summed E-state index contributed by atoms with van der Waals surface area (Å²) in [4.78, 5) is 14.7. The van der Waals surface area contributed by atoms with Crippen LogP contribution in [-0.2, 0) is 24.9 Å². The molecule has 0 radical (unpaired) electrons. The van der Waals surface area contributed by atoms with Crippen molar-refractivity contribution in [1.82, 2.24) is 20.0 Å². The highest BCUT2D eigenvalue weighted by Crippen LogP contribution is 2.20. The van der Waals surface area contributed by atoms with E-state index in [1.807, 2.05) is 31.4 Å². The molecule has 0 aliphatic carbocycles. The first-order valence-electron chi connectivity index (χ1n) is 7.75. The second kappa shape index (κ2) is 6.75. The number of aromatic nitrogens is 2. The Balaban J connectivity index is 1.56. The van der Waals surface area contributed by atoms with Crippen LogP contribution in [0.1, 0.15) is 24.0 Å². The topological polar surface area (TPSA) is 50.2 Å². The van der Waals surface area contributed by atoms with Gasteiger partial charge in [0, 0.05) is 31.9 Å². The van der Waals surface area contributed by atoms with Crippen molar-refractivity contribution in [2.24, 2.45) is 7.05 Å². The Morgan fingerprint density at radius 1 is 1.32 bits per heavy atom. The third-order valence-electron chi connectivity index (χ3n) is 4.12. The quantitative estimate of drug-likeness (QED) is 0.914. The van der Waals surface area contributed by atoms with Gasteiger partial charge in [-0.15, -0.1) is 0 Å². The molecule has 1 saturated heterocycles. The van der Waals surface area contributed by atoms with Crippen LogP contribution < -0.4 is 5.32 Å². The molecule has 5 nitrogen and oxygen atoms in total. The highest BCUT2D eigenvalue weighted by atomic mass is 16.2. The van der Waals surface area contributed by atoms with Gasteiger partial charge in [0.05, 0.1) is 12.2 Å². The van der Waals surface area contributed by atoms with Crippen molar-refractivity contribution >= 4 is 5.91 Å². The lowest BCUT2D eigenvalue weighted by molar-refractivity contribution is -0.125. The first-order valence-corrected chi connectivity index (χ1v) is 7.75. The second-order valence-corrected chi connectivity index (χ2v) is 5.85. The maximum Gasteiger partial charge on any atom is 0.237 e. The van der Waals surface area contributed by atoms with Crippen LogP contribution in [0.3, 0.4) is 0 Å². The third kappa shape index (κ3) is 3.54. The molecular formula is C17H22N4O. The van der Waals surface area contributed by atoms with E-state index in [0.717, 1.165) is 31.5 Å². The SMILES string of the molecule is Cn1cc(CNC(=O)[C@H]2CCCN2Cc2ccccc2)cn1. The summed E-state index contributed by atoms with van der Waals surface area (Å²) >= 11 is 0. The van der Waals surface area contributed by atoms with E-state index in [0.29, 0.717) is 6.54 Å². The number of aryl methyl sites for hydroxylation is 1. The zero-order valence-electron chi connectivity index (χ0n) is 12.9. The van der Waals surface area contributed by atoms with Gasteiger partial charge in [0.25, 0.3) is 0 Å². The minimum absolute atomic E-state index is 0.0168. The van der Waals surface area contributed by atoms with Gasteiger partial charge in [-0.3, -0.25) is 14.4 Å². The number of rotatable bonds is 5. The Bertz CT molecular complexity index is 623. The number of carbonyl (C=O) groups excluding carboxylic acids is 1. The Morgan fingerprint density at radius 3 is 2.86 bits per heavy atom. The lowest BCUT2D eigenvalue weighted by atomic mass is 10.1. The Morgan fingerprint density at radius 2 is 2.14 bits per heavy atom. The van der Waals surface area contributed by atoms with Crippen molar-refractivity contribution in [1.29, 1.82) is 0 Å². The molecule has 1 aromatic carbocycles. The fraction of sp³-hybridized carbons (Fsp3) is 0.412. The fourth-order valence-corrected chi connectivity index (χ4v) is 3.00. The lowest BCUT2D eigenvalue weighted by Gasteiger charge is -2.23. The minimum atomic E-state index is -0.0168. The summed E-state index contributed by atoms with van der Waals surface area (Å²) in [6.45, 7) is 2.37. The van der Waals surface area contributed by atoms with Gasteiger partial charge in [0.2, 0.25) is 5.91 Å². The molecule has 1 fully saturated rings. The summed E-state index contributed by atoms with van der Waals surface area (Å²) in [7, 11) is 1.88. The molecule has 2 heterocycles. The van der Waals surface area contributed by atoms with Crippen molar-refractivity contribution in [3.8, 4) is 0 Å². The van der Waals surface area contributed by atoms with E-state index in [1.54, 1.807) is 10.9 Å². The molecule has 1 N–H and O–H groups in total. The molecule has 0 unspecified atom stereocenters. The van der Waals surface area contributed by atoms with Crippen molar-refractivity contribution < 1.29 is 4.79 Å². The Hall–Kier alpha value is -2.14. The molecule has 0 bridgehead atoms. The van der Waals surface area contributed by atoms with Crippen LogP contribution in [0.25, 0.3) is 0 Å². The predicted octanol–water partition coefficient (Wildman–Crippen LogP) is 1.70. The number of nitrogens with one attached hydrogen (secondary N) is 1. The third-order valence-corrected chi connectivity index (χ3v) is 4.12. The predicted molar refractivity (Wildman–Crippen MR) is 84.9 cm³/mol. The first kappa shape index (κ1) is 14.8. The fourth-order valence-electron chi connectivity index (χ4n) is 3.00. The van der Waals surface area contributed by atoms with Crippen LogP contribution in [0, 0.1) is 0 Å². The minimum Gasteiger partial charge on any atom is -0.351 e. The van der Waals surface area contributed by atoms with Gasteiger partial charge in [-0.2, -0.15) is 5.10 Å². The van der Waals surface area contributed by atoms with E-state index >= 15 is 0 Å². The van der Waals surface area contributed by atoms with Gasteiger partial charge >= 0.3 is 0 Å². The zero-order valence-corrected chi connectivity index (χ0v) is 12.9. The van der Waals surface area contributed by atoms with Crippen molar-refractivity contribution in [2.75, 3.05) is 6.54 Å². The van der Waals surface area contributed by atoms with E-state index < -0.39 is 0 Å². The molecule has 5 heteroatoms. The van der Waals surface area contributed by atoms with E-state index in [1.165, 1.54) is 5.56 Å². The average molecular weight is 298 g/mol. The molecule has 22 heavy (non-hydrogen) atoms. The van der Waals surface area contributed by atoms with Gasteiger partial charge < -0.3 is 5.32 Å². The van der Waals surface area contributed by atoms with Crippen LogP contribution in [-0.4, -0.2) is 33.2 Å². The van der Waals surface area contributed by atoms with Gasteiger partial charge in [-0.25, -0.2) is 0 Å². The molecule has 3 rings (SSSR count). The highest BCUT2D eigenvalue weighted by molar-refractivity contribution is 5.82. The standard InChI is InChI=1S/C17H22N4O/c1-20-12-15(11-19-20)10-18-17(22)16-8-5-9-21(16)13-14-6-3-2-4-7-14/h2-4,6-7,11-12,16H,5,8-10,13H2,1H3,(H,18,22)/t16-/m1/s1. The Labute approximate surface area is 130 Å². The summed E-state index contributed by atoms with van der Waals surface area (Å²) in [5.41, 5.74) is 2.29. The van der Waals surface area contributed by atoms with E-state index in [-0.39, 0.29) is 11.9 Å². The monoisotopic (exact) mass is 298 g/mol. The van der Waals surface area contributed by atoms with E-state index in [9.17, 15) is 4.79 Å². The van der Waals surface area contributed by atoms with Crippen molar-refractivity contribution in [2.45, 2.75) is 32.0 Å².